The van der Waals surface area contributed by atoms with Crippen molar-refractivity contribution >= 4 is 39.2 Å². The minimum absolute atomic E-state index is 0.0470. The number of thiophene rings is 1. The maximum absolute atomic E-state index is 13.7. The highest BCUT2D eigenvalue weighted by molar-refractivity contribution is 7.99. The molecule has 1 saturated carbocycles. The zero-order chi connectivity index (χ0) is 19.8. The molecule has 1 amide bonds. The molecule has 2 aliphatic rings. The van der Waals surface area contributed by atoms with E-state index in [1.807, 2.05) is 4.57 Å². The molecule has 0 radical (unpaired) electrons. The summed E-state index contributed by atoms with van der Waals surface area (Å²) in [5.41, 5.74) is 6.52. The number of fused-ring (bicyclic) bond motifs is 3. The predicted octanol–water partition coefficient (Wildman–Crippen LogP) is 3.64. The number of amides is 1. The lowest BCUT2D eigenvalue weighted by Gasteiger charge is -2.27. The van der Waals surface area contributed by atoms with Crippen LogP contribution in [0.5, 0.6) is 0 Å². The fourth-order valence-electron chi connectivity index (χ4n) is 4.25. The zero-order valence-corrected chi connectivity index (χ0v) is 18.0. The van der Waals surface area contributed by atoms with Crippen LogP contribution in [0.25, 0.3) is 10.2 Å². The van der Waals surface area contributed by atoms with Gasteiger partial charge in [0.15, 0.2) is 5.16 Å². The summed E-state index contributed by atoms with van der Waals surface area (Å²) in [4.78, 5) is 31.7. The Morgan fingerprint density at radius 1 is 1.36 bits per heavy atom. The Kier molecular flexibility index (Phi) is 5.81. The molecule has 1 atom stereocenters. The molecule has 1 unspecified atom stereocenters. The molecule has 8 heteroatoms. The molecule has 0 saturated heterocycles. The number of rotatable bonds is 5. The summed E-state index contributed by atoms with van der Waals surface area (Å²) in [5.74, 6) is 0.143. The number of nitrogens with two attached hydrogens (primary N) is 1. The van der Waals surface area contributed by atoms with Gasteiger partial charge < -0.3 is 10.5 Å². The zero-order valence-electron chi connectivity index (χ0n) is 16.4. The van der Waals surface area contributed by atoms with Crippen LogP contribution in [-0.4, -0.2) is 27.3 Å². The highest BCUT2D eigenvalue weighted by Gasteiger charge is 2.30. The second-order valence-electron chi connectivity index (χ2n) is 8.10. The fraction of sp³-hybridized carbons (Fsp3) is 0.650. The minimum atomic E-state index is -0.395. The highest BCUT2D eigenvalue weighted by Crippen LogP contribution is 2.37. The van der Waals surface area contributed by atoms with E-state index < -0.39 is 5.91 Å². The van der Waals surface area contributed by atoms with Crippen molar-refractivity contribution in [2.45, 2.75) is 76.3 Å². The number of aromatic nitrogens is 2. The Hall–Kier alpha value is -1.38. The molecule has 2 aromatic rings. The van der Waals surface area contributed by atoms with Gasteiger partial charge in [-0.25, -0.2) is 4.98 Å². The van der Waals surface area contributed by atoms with Crippen LogP contribution in [0.4, 0.5) is 0 Å². The summed E-state index contributed by atoms with van der Waals surface area (Å²) in [6.45, 7) is 4.86. The van der Waals surface area contributed by atoms with E-state index in [1.54, 1.807) is 11.3 Å². The largest absolute Gasteiger partial charge is 0.372 e. The Labute approximate surface area is 172 Å². The van der Waals surface area contributed by atoms with Crippen LogP contribution in [0.3, 0.4) is 0 Å². The van der Waals surface area contributed by atoms with E-state index in [9.17, 15) is 9.59 Å². The van der Waals surface area contributed by atoms with Crippen LogP contribution in [-0.2, 0) is 22.6 Å². The van der Waals surface area contributed by atoms with E-state index >= 15 is 0 Å². The molecule has 1 fully saturated rings. The fourth-order valence-corrected chi connectivity index (χ4v) is 6.22. The number of thioether (sulfide) groups is 1. The minimum Gasteiger partial charge on any atom is -0.372 e. The van der Waals surface area contributed by atoms with Gasteiger partial charge in [0.2, 0.25) is 5.91 Å². The van der Waals surface area contributed by atoms with Gasteiger partial charge in [-0.15, -0.1) is 11.3 Å². The number of nitrogens with zero attached hydrogens (tertiary/aromatic N) is 2. The number of ether oxygens (including phenoxy) is 1. The van der Waals surface area contributed by atoms with Gasteiger partial charge in [0, 0.05) is 17.3 Å². The molecule has 152 valence electrons. The summed E-state index contributed by atoms with van der Waals surface area (Å²) in [7, 11) is 0. The van der Waals surface area contributed by atoms with Crippen LogP contribution in [0, 0.1) is 5.92 Å². The highest BCUT2D eigenvalue weighted by atomic mass is 32.2. The summed E-state index contributed by atoms with van der Waals surface area (Å²) in [5, 5.41) is 1.39. The van der Waals surface area contributed by atoms with E-state index in [2.05, 4.69) is 13.8 Å². The van der Waals surface area contributed by atoms with E-state index in [0.29, 0.717) is 17.7 Å². The van der Waals surface area contributed by atoms with Crippen molar-refractivity contribution in [2.75, 3.05) is 5.75 Å². The van der Waals surface area contributed by atoms with Gasteiger partial charge in [0.1, 0.15) is 4.83 Å². The molecule has 4 rings (SSSR count). The number of carbonyl (C=O) groups is 1. The standard InChI is InChI=1S/C20H27N3O3S2/c1-11(2)14-8-13-15(9-26-14)28-18-17(13)19(25)23(12-6-4-3-5-7-12)20(22-18)27-10-16(21)24/h11-12,14H,3-10H2,1-2H3,(H2,21,24). The van der Waals surface area contributed by atoms with Crippen molar-refractivity contribution in [2.24, 2.45) is 11.7 Å². The molecule has 0 aromatic carbocycles. The molecule has 2 aromatic heterocycles. The molecule has 28 heavy (non-hydrogen) atoms. The first-order valence-corrected chi connectivity index (χ1v) is 11.9. The third-order valence-corrected chi connectivity index (χ3v) is 7.84. The lowest BCUT2D eigenvalue weighted by molar-refractivity contribution is -0.115. The lowest BCUT2D eigenvalue weighted by Crippen LogP contribution is -2.31. The Bertz CT molecular complexity index is 944. The van der Waals surface area contributed by atoms with Gasteiger partial charge in [-0.2, -0.15) is 0 Å². The van der Waals surface area contributed by atoms with Gasteiger partial charge in [-0.1, -0.05) is 44.9 Å². The summed E-state index contributed by atoms with van der Waals surface area (Å²) in [6, 6.07) is 0.157. The molecule has 1 aliphatic carbocycles. The first-order valence-electron chi connectivity index (χ1n) is 10.0. The molecular weight excluding hydrogens is 394 g/mol. The van der Waals surface area contributed by atoms with Gasteiger partial charge in [-0.05, 0) is 24.3 Å². The topological polar surface area (TPSA) is 87.2 Å². The molecule has 0 spiro atoms. The van der Waals surface area contributed by atoms with Crippen molar-refractivity contribution in [3.63, 3.8) is 0 Å². The molecule has 3 heterocycles. The maximum Gasteiger partial charge on any atom is 0.263 e. The average molecular weight is 422 g/mol. The lowest BCUT2D eigenvalue weighted by atomic mass is 9.94. The quantitative estimate of drug-likeness (QED) is 0.588. The molecule has 1 aliphatic heterocycles. The second-order valence-corrected chi connectivity index (χ2v) is 10.1. The number of carbonyl (C=O) groups excluding carboxylic acids is 1. The van der Waals surface area contributed by atoms with Crippen LogP contribution in [0.2, 0.25) is 0 Å². The van der Waals surface area contributed by atoms with Crippen molar-refractivity contribution in [1.29, 1.82) is 0 Å². The predicted molar refractivity (Wildman–Crippen MR) is 113 cm³/mol. The van der Waals surface area contributed by atoms with Gasteiger partial charge in [0.25, 0.3) is 5.56 Å². The second kappa shape index (κ2) is 8.16. The Morgan fingerprint density at radius 3 is 2.79 bits per heavy atom. The number of hydrogen-bond acceptors (Lipinski definition) is 6. The normalized spacial score (nSPS) is 20.6. The van der Waals surface area contributed by atoms with Crippen molar-refractivity contribution in [3.8, 4) is 0 Å². The van der Waals surface area contributed by atoms with Gasteiger partial charge >= 0.3 is 0 Å². The molecular formula is C20H27N3O3S2. The third kappa shape index (κ3) is 3.74. The first-order chi connectivity index (χ1) is 13.5. The smallest absolute Gasteiger partial charge is 0.263 e. The average Bonchev–Trinajstić information content (AvgIpc) is 3.04. The molecule has 0 bridgehead atoms. The summed E-state index contributed by atoms with van der Waals surface area (Å²) in [6.07, 6.45) is 6.34. The van der Waals surface area contributed by atoms with Crippen LogP contribution < -0.4 is 11.3 Å². The maximum atomic E-state index is 13.7. The first kappa shape index (κ1) is 19.9. The van der Waals surface area contributed by atoms with E-state index in [0.717, 1.165) is 52.8 Å². The van der Waals surface area contributed by atoms with Gasteiger partial charge in [0.05, 0.1) is 23.8 Å². The third-order valence-electron chi connectivity index (χ3n) is 5.77. The van der Waals surface area contributed by atoms with E-state index in [-0.39, 0.29) is 23.5 Å². The van der Waals surface area contributed by atoms with Crippen molar-refractivity contribution < 1.29 is 9.53 Å². The number of primary amides is 1. The molecule has 6 nitrogen and oxygen atoms in total. The SMILES string of the molecule is CC(C)C1Cc2c(sc3nc(SCC(N)=O)n(C4CCCCC4)c(=O)c23)CO1. The van der Waals surface area contributed by atoms with Crippen molar-refractivity contribution in [1.82, 2.24) is 9.55 Å². The summed E-state index contributed by atoms with van der Waals surface area (Å²) >= 11 is 2.83. The van der Waals surface area contributed by atoms with Crippen molar-refractivity contribution in [3.05, 3.63) is 20.8 Å². The van der Waals surface area contributed by atoms with Crippen LogP contribution in [0.1, 0.15) is 62.4 Å². The Morgan fingerprint density at radius 2 is 2.11 bits per heavy atom. The van der Waals surface area contributed by atoms with E-state index in [1.165, 1.54) is 18.2 Å². The molecule has 2 N–H and O–H groups in total. The van der Waals surface area contributed by atoms with Crippen LogP contribution in [0.15, 0.2) is 9.95 Å². The summed E-state index contributed by atoms with van der Waals surface area (Å²) < 4.78 is 7.86. The number of hydrogen-bond donors (Lipinski definition) is 1. The van der Waals surface area contributed by atoms with Gasteiger partial charge in [-0.3, -0.25) is 14.2 Å². The van der Waals surface area contributed by atoms with Crippen LogP contribution >= 0.6 is 23.1 Å². The Balaban J connectivity index is 1.84. The monoisotopic (exact) mass is 421 g/mol. The van der Waals surface area contributed by atoms with E-state index in [4.69, 9.17) is 15.5 Å².